The first-order valence-corrected chi connectivity index (χ1v) is 10.0. The second kappa shape index (κ2) is 8.65. The number of nitrogens with zero attached hydrogens (tertiary/aromatic N) is 2. The number of nitrogens with one attached hydrogen (secondary N) is 1. The normalized spacial score (nSPS) is 16.8. The number of methoxy groups -OCH3 is 1. The molecule has 0 saturated carbocycles. The van der Waals surface area contributed by atoms with Crippen LogP contribution in [0, 0.1) is 5.41 Å². The number of amidine groups is 1. The smallest absolute Gasteiger partial charge is 0.423 e. The van der Waals surface area contributed by atoms with Gasteiger partial charge in [-0.05, 0) is 64.1 Å². The number of ether oxygens (including phenoxy) is 2. The second-order valence-corrected chi connectivity index (χ2v) is 8.01. The van der Waals surface area contributed by atoms with Gasteiger partial charge < -0.3 is 14.4 Å². The molecule has 1 aliphatic rings. The van der Waals surface area contributed by atoms with E-state index in [0.717, 1.165) is 34.5 Å². The maximum absolute atomic E-state index is 13.2. The van der Waals surface area contributed by atoms with E-state index in [1.54, 1.807) is 34.1 Å². The van der Waals surface area contributed by atoms with Gasteiger partial charge in [-0.1, -0.05) is 11.8 Å². The van der Waals surface area contributed by atoms with Crippen molar-refractivity contribution in [2.24, 2.45) is 0 Å². The highest BCUT2D eigenvalue weighted by Crippen LogP contribution is 2.29. The second-order valence-electron chi connectivity index (χ2n) is 7.21. The van der Waals surface area contributed by atoms with E-state index in [4.69, 9.17) is 14.9 Å². The molecule has 0 aromatic heterocycles. The minimum Gasteiger partial charge on any atom is -0.497 e. The van der Waals surface area contributed by atoms with Gasteiger partial charge in [0.25, 0.3) is 5.91 Å². The number of hydrogen-bond acceptors (Lipinski definition) is 7. The van der Waals surface area contributed by atoms with Crippen LogP contribution < -0.4 is 9.64 Å². The SMILES string of the molecule is COc1ccc(N2CCC[C@H]2C(=O)N(C(=N)SC)C(=O)OC(C)(C)C)cc1. The van der Waals surface area contributed by atoms with Crippen LogP contribution in [0.3, 0.4) is 0 Å². The minimum atomic E-state index is -0.812. The largest absolute Gasteiger partial charge is 0.497 e. The van der Waals surface area contributed by atoms with Crippen LogP contribution in [0.5, 0.6) is 5.75 Å². The topological polar surface area (TPSA) is 82.9 Å². The van der Waals surface area contributed by atoms with Crippen molar-refractivity contribution < 1.29 is 19.1 Å². The van der Waals surface area contributed by atoms with Crippen LogP contribution in [0.2, 0.25) is 0 Å². The Morgan fingerprint density at radius 3 is 2.41 bits per heavy atom. The Labute approximate surface area is 164 Å². The van der Waals surface area contributed by atoms with Crippen LogP contribution in [0.15, 0.2) is 24.3 Å². The Morgan fingerprint density at radius 1 is 1.26 bits per heavy atom. The Kier molecular flexibility index (Phi) is 6.75. The number of carbonyl (C=O) groups is 2. The zero-order valence-corrected chi connectivity index (χ0v) is 17.3. The Hall–Kier alpha value is -2.22. The molecule has 0 spiro atoms. The highest BCUT2D eigenvalue weighted by molar-refractivity contribution is 8.13. The van der Waals surface area contributed by atoms with E-state index in [9.17, 15) is 9.59 Å². The van der Waals surface area contributed by atoms with Gasteiger partial charge in [-0.25, -0.2) is 4.79 Å². The molecule has 7 nitrogen and oxygen atoms in total. The molecule has 0 bridgehead atoms. The average Bonchev–Trinajstić information content (AvgIpc) is 3.09. The van der Waals surface area contributed by atoms with E-state index in [1.165, 1.54) is 0 Å². The molecule has 1 fully saturated rings. The van der Waals surface area contributed by atoms with Gasteiger partial charge in [0.2, 0.25) is 0 Å². The summed E-state index contributed by atoms with van der Waals surface area (Å²) in [5.74, 6) is 0.303. The first-order valence-electron chi connectivity index (χ1n) is 8.78. The summed E-state index contributed by atoms with van der Waals surface area (Å²) in [5.41, 5.74) is 0.131. The molecule has 148 valence electrons. The van der Waals surface area contributed by atoms with Crippen molar-refractivity contribution in [3.05, 3.63) is 24.3 Å². The molecule has 2 amide bonds. The summed E-state index contributed by atoms with van der Waals surface area (Å²) in [4.78, 5) is 28.6. The molecule has 0 unspecified atom stereocenters. The van der Waals surface area contributed by atoms with E-state index in [-0.39, 0.29) is 5.17 Å². The molecule has 1 atom stereocenters. The molecule has 27 heavy (non-hydrogen) atoms. The standard InChI is InChI=1S/C19H27N3O4S/c1-19(2,3)26-18(24)22(17(20)27-5)16(23)15-7-6-12-21(15)13-8-10-14(25-4)11-9-13/h8-11,15,20H,6-7,12H2,1-5H3/t15-/m0/s1. The summed E-state index contributed by atoms with van der Waals surface area (Å²) in [7, 11) is 1.60. The molecule has 1 N–H and O–H groups in total. The molecule has 0 radical (unpaired) electrons. The zero-order valence-electron chi connectivity index (χ0n) is 16.4. The zero-order chi connectivity index (χ0) is 20.2. The quantitative estimate of drug-likeness (QED) is 0.622. The third kappa shape index (κ3) is 5.15. The van der Waals surface area contributed by atoms with Gasteiger partial charge >= 0.3 is 6.09 Å². The van der Waals surface area contributed by atoms with Crippen molar-refractivity contribution in [1.29, 1.82) is 5.41 Å². The number of thioether (sulfide) groups is 1. The maximum atomic E-state index is 13.2. The van der Waals surface area contributed by atoms with Gasteiger partial charge in [-0.2, -0.15) is 4.90 Å². The van der Waals surface area contributed by atoms with Crippen molar-refractivity contribution in [2.45, 2.75) is 45.3 Å². The number of anilines is 1. The predicted molar refractivity (Wildman–Crippen MR) is 108 cm³/mol. The van der Waals surface area contributed by atoms with Crippen LogP contribution >= 0.6 is 11.8 Å². The number of amides is 2. The van der Waals surface area contributed by atoms with E-state index < -0.39 is 23.6 Å². The molecule has 0 aliphatic carbocycles. The summed E-state index contributed by atoms with van der Waals surface area (Å²) in [5, 5.41) is 7.94. The number of benzene rings is 1. The lowest BCUT2D eigenvalue weighted by Crippen LogP contribution is -2.51. The van der Waals surface area contributed by atoms with E-state index >= 15 is 0 Å². The number of rotatable bonds is 3. The molecule has 2 rings (SSSR count). The summed E-state index contributed by atoms with van der Waals surface area (Å²) >= 11 is 1.03. The average molecular weight is 394 g/mol. The molecular weight excluding hydrogens is 366 g/mol. The van der Waals surface area contributed by atoms with E-state index in [2.05, 4.69) is 0 Å². The monoisotopic (exact) mass is 393 g/mol. The van der Waals surface area contributed by atoms with Crippen molar-refractivity contribution in [3.8, 4) is 5.75 Å². The fourth-order valence-electron chi connectivity index (χ4n) is 2.93. The lowest BCUT2D eigenvalue weighted by Gasteiger charge is -2.31. The van der Waals surface area contributed by atoms with E-state index in [1.807, 2.05) is 29.2 Å². The van der Waals surface area contributed by atoms with Gasteiger partial charge in [0, 0.05) is 12.2 Å². The highest BCUT2D eigenvalue weighted by Gasteiger charge is 2.39. The Balaban J connectivity index is 2.26. The molecule has 1 aliphatic heterocycles. The molecule has 1 heterocycles. The molecule has 8 heteroatoms. The number of hydrogen-bond donors (Lipinski definition) is 1. The summed E-state index contributed by atoms with van der Waals surface area (Å²) in [6.07, 6.45) is 2.29. The van der Waals surface area contributed by atoms with Crippen LogP contribution in [0.25, 0.3) is 0 Å². The van der Waals surface area contributed by atoms with Gasteiger partial charge in [-0.3, -0.25) is 10.2 Å². The fraction of sp³-hybridized carbons (Fsp3) is 0.526. The van der Waals surface area contributed by atoms with Crippen molar-refractivity contribution in [1.82, 2.24) is 4.90 Å². The summed E-state index contributed by atoms with van der Waals surface area (Å²) in [6, 6.07) is 6.94. The Bertz CT molecular complexity index is 700. The van der Waals surface area contributed by atoms with Crippen LogP contribution in [0.1, 0.15) is 33.6 Å². The first-order chi connectivity index (χ1) is 12.7. The van der Waals surface area contributed by atoms with Crippen LogP contribution in [-0.4, -0.2) is 53.6 Å². The number of imide groups is 1. The van der Waals surface area contributed by atoms with Gasteiger partial charge in [-0.15, -0.1) is 0 Å². The van der Waals surface area contributed by atoms with Gasteiger partial charge in [0.1, 0.15) is 17.4 Å². The van der Waals surface area contributed by atoms with Gasteiger partial charge in [0.05, 0.1) is 7.11 Å². The minimum absolute atomic E-state index is 0.143. The number of carbonyl (C=O) groups excluding carboxylic acids is 2. The first kappa shape index (κ1) is 21.1. The summed E-state index contributed by atoms with van der Waals surface area (Å²) < 4.78 is 10.5. The summed E-state index contributed by atoms with van der Waals surface area (Å²) in [6.45, 7) is 5.90. The lowest BCUT2D eigenvalue weighted by atomic mass is 10.1. The third-order valence-corrected chi connectivity index (χ3v) is 4.70. The fourth-order valence-corrected chi connectivity index (χ4v) is 3.27. The van der Waals surface area contributed by atoms with Crippen LogP contribution in [0.4, 0.5) is 10.5 Å². The third-order valence-electron chi connectivity index (χ3n) is 4.13. The molecule has 1 saturated heterocycles. The highest BCUT2D eigenvalue weighted by atomic mass is 32.2. The molecular formula is C19H27N3O4S. The molecule has 1 aromatic rings. The van der Waals surface area contributed by atoms with Gasteiger partial charge in [0.15, 0.2) is 5.17 Å². The lowest BCUT2D eigenvalue weighted by molar-refractivity contribution is -0.127. The van der Waals surface area contributed by atoms with Crippen LogP contribution in [-0.2, 0) is 9.53 Å². The van der Waals surface area contributed by atoms with Crippen molar-refractivity contribution in [2.75, 3.05) is 24.8 Å². The maximum Gasteiger partial charge on any atom is 0.423 e. The Morgan fingerprint density at radius 2 is 1.89 bits per heavy atom. The molecule has 1 aromatic carbocycles. The predicted octanol–water partition coefficient (Wildman–Crippen LogP) is 3.73. The van der Waals surface area contributed by atoms with Crippen molar-refractivity contribution in [3.63, 3.8) is 0 Å². The van der Waals surface area contributed by atoms with Crippen molar-refractivity contribution >= 4 is 34.6 Å². The van der Waals surface area contributed by atoms with E-state index in [0.29, 0.717) is 13.0 Å².